The summed E-state index contributed by atoms with van der Waals surface area (Å²) in [6, 6.07) is 17.2. The fourth-order valence-electron chi connectivity index (χ4n) is 5.21. The number of anilines is 2. The summed E-state index contributed by atoms with van der Waals surface area (Å²) >= 11 is 5.90. The highest BCUT2D eigenvalue weighted by Gasteiger charge is 2.42. The van der Waals surface area contributed by atoms with Crippen molar-refractivity contribution in [3.05, 3.63) is 77.4 Å². The molecule has 0 bridgehead atoms. The predicted octanol–water partition coefficient (Wildman–Crippen LogP) is 4.53. The Bertz CT molecular complexity index is 1120. The van der Waals surface area contributed by atoms with E-state index in [-0.39, 0.29) is 12.1 Å². The van der Waals surface area contributed by atoms with Gasteiger partial charge < -0.3 is 24.4 Å². The molecule has 2 aromatic heterocycles. The lowest BCUT2D eigenvalue weighted by Crippen LogP contribution is -2.36. The van der Waals surface area contributed by atoms with Crippen LogP contribution in [0.3, 0.4) is 0 Å². The largest absolute Gasteiger partial charge is 0.378 e. The fourth-order valence-corrected chi connectivity index (χ4v) is 5.55. The van der Waals surface area contributed by atoms with Crippen LogP contribution in [0.15, 0.2) is 54.7 Å². The molecule has 0 spiro atoms. The molecule has 2 atom stereocenters. The maximum atomic E-state index is 5.90. The SMILES string of the molecule is CCn1c(C)cc([C@H]2[C@@H](c3ccccn3)NC(=S)N2c2ccc(N3CCOCC3)cc2)c1C. The summed E-state index contributed by atoms with van der Waals surface area (Å²) in [5.74, 6) is 0. The van der Waals surface area contributed by atoms with Gasteiger partial charge in [-0.1, -0.05) is 6.07 Å². The third kappa shape index (κ3) is 4.00. The van der Waals surface area contributed by atoms with Crippen LogP contribution in [0.4, 0.5) is 11.4 Å². The Morgan fingerprint density at radius 2 is 1.79 bits per heavy atom. The van der Waals surface area contributed by atoms with Gasteiger partial charge in [0.2, 0.25) is 0 Å². The first-order chi connectivity index (χ1) is 16.1. The van der Waals surface area contributed by atoms with Crippen molar-refractivity contribution >= 4 is 28.7 Å². The van der Waals surface area contributed by atoms with Gasteiger partial charge in [-0.2, -0.15) is 0 Å². The number of nitrogens with zero attached hydrogens (tertiary/aromatic N) is 4. The van der Waals surface area contributed by atoms with Crippen molar-refractivity contribution in [2.45, 2.75) is 39.4 Å². The molecule has 0 amide bonds. The molecule has 0 radical (unpaired) electrons. The smallest absolute Gasteiger partial charge is 0.174 e. The first kappa shape index (κ1) is 21.9. The van der Waals surface area contributed by atoms with Gasteiger partial charge in [-0.05, 0) is 81.0 Å². The van der Waals surface area contributed by atoms with Crippen LogP contribution in [0.2, 0.25) is 0 Å². The Labute approximate surface area is 201 Å². The fraction of sp³-hybridized carbons (Fsp3) is 0.385. The number of hydrogen-bond donors (Lipinski definition) is 1. The zero-order chi connectivity index (χ0) is 22.9. The van der Waals surface area contributed by atoms with Gasteiger partial charge in [0, 0.05) is 48.6 Å². The highest BCUT2D eigenvalue weighted by Crippen LogP contribution is 2.43. The molecule has 7 heteroatoms. The van der Waals surface area contributed by atoms with Crippen LogP contribution in [-0.2, 0) is 11.3 Å². The molecule has 33 heavy (non-hydrogen) atoms. The predicted molar refractivity (Wildman–Crippen MR) is 137 cm³/mol. The molecular weight excluding hydrogens is 430 g/mol. The van der Waals surface area contributed by atoms with Crippen molar-refractivity contribution in [3.8, 4) is 0 Å². The molecule has 172 valence electrons. The summed E-state index contributed by atoms with van der Waals surface area (Å²) in [5.41, 5.74) is 7.15. The standard InChI is InChI=1S/C26H31N5OS/c1-4-30-18(2)17-22(19(30)3)25-24(23-7-5-6-12-27-23)28-26(33)31(25)21-10-8-20(9-11-21)29-13-15-32-16-14-29/h5-12,17,24-25H,4,13-16H2,1-3H3,(H,28,33)/t24-,25+/m1/s1. The molecule has 5 rings (SSSR count). The lowest BCUT2D eigenvalue weighted by atomic mass is 9.96. The zero-order valence-electron chi connectivity index (χ0n) is 19.5. The number of nitrogens with one attached hydrogen (secondary N) is 1. The molecule has 2 fully saturated rings. The molecule has 4 heterocycles. The number of rotatable bonds is 5. The number of ether oxygens (including phenoxy) is 1. The molecule has 2 aliphatic rings. The van der Waals surface area contributed by atoms with E-state index in [1.54, 1.807) is 0 Å². The third-order valence-electron chi connectivity index (χ3n) is 6.85. The normalized spacial score (nSPS) is 20.9. The molecule has 2 aliphatic heterocycles. The highest BCUT2D eigenvalue weighted by atomic mass is 32.1. The second-order valence-corrected chi connectivity index (χ2v) is 9.07. The maximum Gasteiger partial charge on any atom is 0.174 e. The summed E-state index contributed by atoms with van der Waals surface area (Å²) in [6.07, 6.45) is 1.85. The van der Waals surface area contributed by atoms with Crippen LogP contribution in [-0.4, -0.2) is 41.0 Å². The number of morpholine rings is 1. The summed E-state index contributed by atoms with van der Waals surface area (Å²) in [6.45, 7) is 10.9. The number of hydrogen-bond acceptors (Lipinski definition) is 4. The minimum Gasteiger partial charge on any atom is -0.378 e. The Balaban J connectivity index is 1.55. The van der Waals surface area contributed by atoms with E-state index >= 15 is 0 Å². The van der Waals surface area contributed by atoms with E-state index < -0.39 is 0 Å². The average molecular weight is 462 g/mol. The summed E-state index contributed by atoms with van der Waals surface area (Å²) < 4.78 is 7.87. The van der Waals surface area contributed by atoms with Crippen molar-refractivity contribution in [2.24, 2.45) is 0 Å². The van der Waals surface area contributed by atoms with Crippen molar-refractivity contribution in [3.63, 3.8) is 0 Å². The van der Waals surface area contributed by atoms with Gasteiger partial charge in [0.15, 0.2) is 5.11 Å². The second-order valence-electron chi connectivity index (χ2n) is 8.68. The molecule has 0 unspecified atom stereocenters. The van der Waals surface area contributed by atoms with Crippen LogP contribution in [0.5, 0.6) is 0 Å². The lowest BCUT2D eigenvalue weighted by Gasteiger charge is -2.31. The first-order valence-corrected chi connectivity index (χ1v) is 12.1. The molecule has 0 aliphatic carbocycles. The summed E-state index contributed by atoms with van der Waals surface area (Å²) in [7, 11) is 0. The Kier molecular flexibility index (Phi) is 6.08. The number of pyridine rings is 1. The van der Waals surface area contributed by atoms with E-state index in [9.17, 15) is 0 Å². The molecule has 1 aromatic carbocycles. The molecule has 0 saturated carbocycles. The quantitative estimate of drug-likeness (QED) is 0.563. The Morgan fingerprint density at radius 1 is 1.06 bits per heavy atom. The topological polar surface area (TPSA) is 45.6 Å². The van der Waals surface area contributed by atoms with Gasteiger partial charge in [0.25, 0.3) is 0 Å². The number of thiocarbonyl (C=S) groups is 1. The van der Waals surface area contributed by atoms with Gasteiger partial charge in [0.05, 0.1) is 31.0 Å². The monoisotopic (exact) mass is 461 g/mol. The van der Waals surface area contributed by atoms with Crippen molar-refractivity contribution in [2.75, 3.05) is 36.1 Å². The van der Waals surface area contributed by atoms with E-state index in [2.05, 4.69) is 81.8 Å². The third-order valence-corrected chi connectivity index (χ3v) is 7.16. The number of aromatic nitrogens is 2. The second kappa shape index (κ2) is 9.15. The van der Waals surface area contributed by atoms with E-state index in [1.165, 1.54) is 22.6 Å². The number of benzene rings is 1. The van der Waals surface area contributed by atoms with Gasteiger partial charge in [-0.3, -0.25) is 4.98 Å². The molecule has 6 nitrogen and oxygen atoms in total. The summed E-state index contributed by atoms with van der Waals surface area (Å²) in [4.78, 5) is 9.31. The van der Waals surface area contributed by atoms with E-state index in [0.717, 1.165) is 49.3 Å². The van der Waals surface area contributed by atoms with Gasteiger partial charge in [0.1, 0.15) is 0 Å². The molecule has 3 aromatic rings. The molecular formula is C26H31N5OS. The Hall–Kier alpha value is -2.90. The first-order valence-electron chi connectivity index (χ1n) is 11.7. The van der Waals surface area contributed by atoms with E-state index in [4.69, 9.17) is 17.0 Å². The van der Waals surface area contributed by atoms with Crippen molar-refractivity contribution in [1.82, 2.24) is 14.9 Å². The van der Waals surface area contributed by atoms with Gasteiger partial charge in [-0.25, -0.2) is 0 Å². The van der Waals surface area contributed by atoms with Crippen molar-refractivity contribution < 1.29 is 4.74 Å². The minimum absolute atomic E-state index is 0.0214. The van der Waals surface area contributed by atoms with E-state index in [0.29, 0.717) is 0 Å². The van der Waals surface area contributed by atoms with Crippen molar-refractivity contribution in [1.29, 1.82) is 0 Å². The van der Waals surface area contributed by atoms with Crippen LogP contribution < -0.4 is 15.1 Å². The average Bonchev–Trinajstić information content (AvgIpc) is 3.35. The molecule has 1 N–H and O–H groups in total. The van der Waals surface area contributed by atoms with Gasteiger partial charge in [-0.15, -0.1) is 0 Å². The molecule has 2 saturated heterocycles. The van der Waals surface area contributed by atoms with Crippen LogP contribution >= 0.6 is 12.2 Å². The highest BCUT2D eigenvalue weighted by molar-refractivity contribution is 7.80. The lowest BCUT2D eigenvalue weighted by molar-refractivity contribution is 0.122. The minimum atomic E-state index is -0.0246. The summed E-state index contributed by atoms with van der Waals surface area (Å²) in [5, 5.41) is 4.31. The maximum absolute atomic E-state index is 5.90. The van der Waals surface area contributed by atoms with Crippen LogP contribution in [0.25, 0.3) is 0 Å². The zero-order valence-corrected chi connectivity index (χ0v) is 20.3. The van der Waals surface area contributed by atoms with Crippen LogP contribution in [0.1, 0.15) is 41.7 Å². The van der Waals surface area contributed by atoms with Crippen LogP contribution in [0, 0.1) is 13.8 Å². The Morgan fingerprint density at radius 3 is 2.42 bits per heavy atom. The number of aryl methyl sites for hydroxylation is 1. The van der Waals surface area contributed by atoms with Gasteiger partial charge >= 0.3 is 0 Å². The van der Waals surface area contributed by atoms with E-state index in [1.807, 2.05) is 18.3 Å².